The zero-order valence-electron chi connectivity index (χ0n) is 16.2. The molecule has 0 aliphatic carbocycles. The number of nitrogens with one attached hydrogen (secondary N) is 1. The summed E-state index contributed by atoms with van der Waals surface area (Å²) in [7, 11) is -3.77. The Morgan fingerprint density at radius 3 is 2.32 bits per heavy atom. The van der Waals surface area contributed by atoms with Crippen LogP contribution in [0.1, 0.15) is 24.2 Å². The van der Waals surface area contributed by atoms with E-state index in [9.17, 15) is 18.0 Å². The van der Waals surface area contributed by atoms with Gasteiger partial charge in [0, 0.05) is 44.8 Å². The standard InChI is InChI=1S/C19H26N4O4S/c1-4-10-20-28(26,27)17-9-7-8-16(15-17)18(24)22-11-13-23(14-12-22)19(25)21(5-2)6-3/h1,7-9,15,20H,5-6,10-14H2,2-3H3. The van der Waals surface area contributed by atoms with Crippen LogP contribution in [0.25, 0.3) is 0 Å². The number of hydrogen-bond acceptors (Lipinski definition) is 4. The van der Waals surface area contributed by atoms with Gasteiger partial charge in [-0.2, -0.15) is 4.72 Å². The molecule has 3 amide bonds. The lowest BCUT2D eigenvalue weighted by atomic mass is 10.2. The average molecular weight is 407 g/mol. The number of terminal acetylenes is 1. The Bertz CT molecular complexity index is 851. The Balaban J connectivity index is 2.05. The first kappa shape index (κ1) is 21.7. The fourth-order valence-corrected chi connectivity index (χ4v) is 3.97. The second-order valence-electron chi connectivity index (χ2n) is 6.29. The van der Waals surface area contributed by atoms with Gasteiger partial charge in [-0.1, -0.05) is 12.0 Å². The van der Waals surface area contributed by atoms with Crippen LogP contribution >= 0.6 is 0 Å². The Labute approximate surface area is 166 Å². The van der Waals surface area contributed by atoms with Crippen LogP contribution in [0.4, 0.5) is 4.79 Å². The molecule has 0 saturated carbocycles. The molecule has 152 valence electrons. The van der Waals surface area contributed by atoms with Gasteiger partial charge in [-0.15, -0.1) is 6.42 Å². The van der Waals surface area contributed by atoms with Crippen molar-refractivity contribution in [2.24, 2.45) is 0 Å². The minimum absolute atomic E-state index is 0.0102. The van der Waals surface area contributed by atoms with E-state index in [1.54, 1.807) is 20.8 Å². The van der Waals surface area contributed by atoms with Crippen LogP contribution in [0.2, 0.25) is 0 Å². The van der Waals surface area contributed by atoms with Gasteiger partial charge in [-0.25, -0.2) is 13.2 Å². The molecule has 1 N–H and O–H groups in total. The van der Waals surface area contributed by atoms with Gasteiger partial charge < -0.3 is 14.7 Å². The van der Waals surface area contributed by atoms with Crippen molar-refractivity contribution in [1.29, 1.82) is 0 Å². The number of piperazine rings is 1. The minimum atomic E-state index is -3.77. The van der Waals surface area contributed by atoms with Crippen molar-refractivity contribution in [2.45, 2.75) is 18.7 Å². The zero-order chi connectivity index (χ0) is 20.7. The maximum absolute atomic E-state index is 12.8. The van der Waals surface area contributed by atoms with Gasteiger partial charge in [0.2, 0.25) is 10.0 Å². The molecule has 28 heavy (non-hydrogen) atoms. The second-order valence-corrected chi connectivity index (χ2v) is 8.06. The van der Waals surface area contributed by atoms with Gasteiger partial charge >= 0.3 is 6.03 Å². The molecule has 2 rings (SSSR count). The molecule has 0 aromatic heterocycles. The summed E-state index contributed by atoms with van der Waals surface area (Å²) < 4.78 is 26.7. The molecule has 1 aromatic carbocycles. The molecule has 1 aliphatic rings. The quantitative estimate of drug-likeness (QED) is 0.708. The topological polar surface area (TPSA) is 90.0 Å². The van der Waals surface area contributed by atoms with E-state index in [4.69, 9.17) is 6.42 Å². The summed E-state index contributed by atoms with van der Waals surface area (Å²) in [5.41, 5.74) is 0.284. The molecule has 0 radical (unpaired) electrons. The number of urea groups is 1. The summed E-state index contributed by atoms with van der Waals surface area (Å²) in [6, 6.07) is 5.84. The number of amides is 3. The van der Waals surface area contributed by atoms with Crippen molar-refractivity contribution in [2.75, 3.05) is 45.8 Å². The third-order valence-corrected chi connectivity index (χ3v) is 6.03. The maximum Gasteiger partial charge on any atom is 0.320 e. The molecule has 1 heterocycles. The third-order valence-electron chi connectivity index (χ3n) is 4.63. The lowest BCUT2D eigenvalue weighted by molar-refractivity contribution is 0.0641. The fourth-order valence-electron chi connectivity index (χ4n) is 2.99. The van der Waals surface area contributed by atoms with E-state index in [-0.39, 0.29) is 28.9 Å². The summed E-state index contributed by atoms with van der Waals surface area (Å²) in [5.74, 6) is 1.95. The summed E-state index contributed by atoms with van der Waals surface area (Å²) in [6.45, 7) is 6.72. The highest BCUT2D eigenvalue weighted by Crippen LogP contribution is 2.15. The molecule has 1 aromatic rings. The molecule has 0 spiro atoms. The van der Waals surface area contributed by atoms with Crippen LogP contribution in [0.15, 0.2) is 29.2 Å². The van der Waals surface area contributed by atoms with Crippen LogP contribution in [0, 0.1) is 12.3 Å². The van der Waals surface area contributed by atoms with E-state index in [0.29, 0.717) is 39.3 Å². The largest absolute Gasteiger partial charge is 0.335 e. The highest BCUT2D eigenvalue weighted by Gasteiger charge is 2.27. The van der Waals surface area contributed by atoms with Crippen LogP contribution in [-0.4, -0.2) is 80.9 Å². The SMILES string of the molecule is C#CCNS(=O)(=O)c1cccc(C(=O)N2CCN(C(=O)N(CC)CC)CC2)c1. The van der Waals surface area contributed by atoms with Crippen molar-refractivity contribution >= 4 is 22.0 Å². The minimum Gasteiger partial charge on any atom is -0.335 e. The molecular formula is C19H26N4O4S. The molecule has 0 bridgehead atoms. The fraction of sp³-hybridized carbons (Fsp3) is 0.474. The number of hydrogen-bond donors (Lipinski definition) is 1. The first-order chi connectivity index (χ1) is 13.3. The Morgan fingerprint density at radius 2 is 1.75 bits per heavy atom. The number of carbonyl (C=O) groups is 2. The van der Waals surface area contributed by atoms with Crippen molar-refractivity contribution < 1.29 is 18.0 Å². The van der Waals surface area contributed by atoms with Gasteiger partial charge in [-0.05, 0) is 32.0 Å². The molecule has 1 saturated heterocycles. The van der Waals surface area contributed by atoms with Crippen molar-refractivity contribution in [3.8, 4) is 12.3 Å². The Morgan fingerprint density at radius 1 is 1.14 bits per heavy atom. The second kappa shape index (κ2) is 9.57. The van der Waals surface area contributed by atoms with E-state index in [2.05, 4.69) is 10.6 Å². The van der Waals surface area contributed by atoms with Gasteiger partial charge in [0.25, 0.3) is 5.91 Å². The Kier molecular flexibility index (Phi) is 7.43. The molecule has 9 heteroatoms. The summed E-state index contributed by atoms with van der Waals surface area (Å²) >= 11 is 0. The smallest absolute Gasteiger partial charge is 0.320 e. The predicted octanol–water partition coefficient (Wildman–Crippen LogP) is 0.818. The van der Waals surface area contributed by atoms with Crippen molar-refractivity contribution in [1.82, 2.24) is 19.4 Å². The highest BCUT2D eigenvalue weighted by atomic mass is 32.2. The highest BCUT2D eigenvalue weighted by molar-refractivity contribution is 7.89. The van der Waals surface area contributed by atoms with Gasteiger partial charge in [-0.3, -0.25) is 4.79 Å². The number of benzene rings is 1. The number of sulfonamides is 1. The van der Waals surface area contributed by atoms with Gasteiger partial charge in [0.15, 0.2) is 0 Å². The lowest BCUT2D eigenvalue weighted by Crippen LogP contribution is -2.54. The number of rotatable bonds is 6. The van der Waals surface area contributed by atoms with E-state index in [1.165, 1.54) is 18.2 Å². The van der Waals surface area contributed by atoms with E-state index in [0.717, 1.165) is 0 Å². The van der Waals surface area contributed by atoms with Crippen LogP contribution in [0.5, 0.6) is 0 Å². The van der Waals surface area contributed by atoms with Gasteiger partial charge in [0.05, 0.1) is 11.4 Å². The number of carbonyl (C=O) groups excluding carboxylic acids is 2. The number of nitrogens with zero attached hydrogens (tertiary/aromatic N) is 3. The molecule has 1 aliphatic heterocycles. The Hall–Kier alpha value is -2.57. The molecular weight excluding hydrogens is 380 g/mol. The maximum atomic E-state index is 12.8. The van der Waals surface area contributed by atoms with Crippen LogP contribution < -0.4 is 4.72 Å². The third kappa shape index (κ3) is 5.03. The summed E-state index contributed by atoms with van der Waals surface area (Å²) in [5, 5.41) is 0. The van der Waals surface area contributed by atoms with E-state index < -0.39 is 10.0 Å². The summed E-state index contributed by atoms with van der Waals surface area (Å²) in [6.07, 6.45) is 5.09. The predicted molar refractivity (Wildman–Crippen MR) is 106 cm³/mol. The van der Waals surface area contributed by atoms with Gasteiger partial charge in [0.1, 0.15) is 0 Å². The first-order valence-electron chi connectivity index (χ1n) is 9.20. The van der Waals surface area contributed by atoms with Crippen molar-refractivity contribution in [3.05, 3.63) is 29.8 Å². The van der Waals surface area contributed by atoms with E-state index in [1.807, 2.05) is 13.8 Å². The monoisotopic (exact) mass is 406 g/mol. The molecule has 8 nitrogen and oxygen atoms in total. The molecule has 0 unspecified atom stereocenters. The molecule has 1 fully saturated rings. The van der Waals surface area contributed by atoms with Crippen LogP contribution in [0.3, 0.4) is 0 Å². The lowest BCUT2D eigenvalue weighted by Gasteiger charge is -2.37. The van der Waals surface area contributed by atoms with Crippen molar-refractivity contribution in [3.63, 3.8) is 0 Å². The first-order valence-corrected chi connectivity index (χ1v) is 10.7. The van der Waals surface area contributed by atoms with Crippen LogP contribution in [-0.2, 0) is 10.0 Å². The normalized spacial score (nSPS) is 14.5. The van der Waals surface area contributed by atoms with E-state index >= 15 is 0 Å². The molecule has 0 atom stereocenters. The zero-order valence-corrected chi connectivity index (χ0v) is 17.0. The average Bonchev–Trinajstić information content (AvgIpc) is 2.72. The summed E-state index contributed by atoms with van der Waals surface area (Å²) in [4.78, 5) is 30.3.